The molecule has 0 saturated carbocycles. The van der Waals surface area contributed by atoms with Crippen LogP contribution in [0.3, 0.4) is 0 Å². The molecule has 5 nitrogen and oxygen atoms in total. The van der Waals surface area contributed by atoms with Gasteiger partial charge in [0.1, 0.15) is 5.82 Å². The third-order valence-electron chi connectivity index (χ3n) is 5.64. The van der Waals surface area contributed by atoms with Crippen LogP contribution in [0.4, 0.5) is 5.82 Å². The van der Waals surface area contributed by atoms with Crippen LogP contribution in [0.2, 0.25) is 0 Å². The van der Waals surface area contributed by atoms with E-state index in [4.69, 9.17) is 4.98 Å². The molecule has 7 heteroatoms. The van der Waals surface area contributed by atoms with Gasteiger partial charge in [-0.1, -0.05) is 70.2 Å². The molecule has 1 atom stereocenters. The standard InChI is InChI=1S/C24H20BrN3O2S/c25-16-9-4-8-15(12-16)19-20-17(10-5-11-18(20)29)26-22-21(19)23(30)28-24(27-22)31-13-14-6-2-1-3-7-14/h1-4,6-9,12,19H,5,10-11,13H2,(H2,26,27,28,30)/t19-/m0/s1. The topological polar surface area (TPSA) is 74.8 Å². The minimum atomic E-state index is -0.416. The predicted octanol–water partition coefficient (Wildman–Crippen LogP) is 5.39. The number of ketones is 1. The van der Waals surface area contributed by atoms with Crippen LogP contribution in [0, 0.1) is 0 Å². The molecule has 2 aliphatic rings. The maximum atomic E-state index is 13.3. The Labute approximate surface area is 192 Å². The molecule has 0 amide bonds. The van der Waals surface area contributed by atoms with Crippen molar-refractivity contribution in [2.75, 3.05) is 5.32 Å². The van der Waals surface area contributed by atoms with Crippen LogP contribution < -0.4 is 10.9 Å². The summed E-state index contributed by atoms with van der Waals surface area (Å²) in [6.45, 7) is 0. The SMILES string of the molecule is O=C1CCCC2=C1[C@H](c1cccc(Br)c1)c1c(nc(SCc3ccccc3)[nH]c1=O)N2. The highest BCUT2D eigenvalue weighted by Gasteiger charge is 2.37. The van der Waals surface area contributed by atoms with Gasteiger partial charge in [-0.3, -0.25) is 9.59 Å². The molecular weight excluding hydrogens is 474 g/mol. The Morgan fingerprint density at radius 3 is 2.71 bits per heavy atom. The number of H-pyrrole nitrogens is 1. The molecule has 5 rings (SSSR count). The molecule has 31 heavy (non-hydrogen) atoms. The summed E-state index contributed by atoms with van der Waals surface area (Å²) >= 11 is 5.02. The number of halogens is 1. The summed E-state index contributed by atoms with van der Waals surface area (Å²) in [5.41, 5.74) is 3.98. The Bertz CT molecular complexity index is 1250. The molecule has 0 unspecified atom stereocenters. The van der Waals surface area contributed by atoms with Crippen LogP contribution in [0.25, 0.3) is 0 Å². The third-order valence-corrected chi connectivity index (χ3v) is 7.07. The van der Waals surface area contributed by atoms with Crippen molar-refractivity contribution in [3.05, 3.63) is 97.4 Å². The van der Waals surface area contributed by atoms with Gasteiger partial charge in [0.2, 0.25) is 0 Å². The fourth-order valence-corrected chi connectivity index (χ4v) is 5.49. The number of Topliss-reactive ketones (excluding diaryl/α,β-unsaturated/α-hetero) is 1. The van der Waals surface area contributed by atoms with Gasteiger partial charge in [-0.2, -0.15) is 0 Å². The van der Waals surface area contributed by atoms with Gasteiger partial charge in [-0.25, -0.2) is 4.98 Å². The van der Waals surface area contributed by atoms with Crippen LogP contribution in [-0.4, -0.2) is 15.8 Å². The van der Waals surface area contributed by atoms with Crippen molar-refractivity contribution in [1.29, 1.82) is 0 Å². The Balaban J connectivity index is 1.58. The Hall–Kier alpha value is -2.64. The molecular formula is C24H20BrN3O2S. The molecule has 2 N–H and O–H groups in total. The number of carbonyl (C=O) groups is 1. The molecule has 1 aliphatic carbocycles. The van der Waals surface area contributed by atoms with E-state index in [1.165, 1.54) is 11.8 Å². The lowest BCUT2D eigenvalue weighted by Crippen LogP contribution is -2.32. The molecule has 2 aromatic carbocycles. The second-order valence-electron chi connectivity index (χ2n) is 7.69. The zero-order valence-corrected chi connectivity index (χ0v) is 19.1. The Morgan fingerprint density at radius 2 is 1.90 bits per heavy atom. The first-order valence-electron chi connectivity index (χ1n) is 10.2. The Kier molecular flexibility index (Phi) is 5.54. The van der Waals surface area contributed by atoms with Crippen molar-refractivity contribution >= 4 is 39.3 Å². The third kappa shape index (κ3) is 4.00. The van der Waals surface area contributed by atoms with Crippen molar-refractivity contribution in [2.24, 2.45) is 0 Å². The molecule has 1 aliphatic heterocycles. The minimum absolute atomic E-state index is 0.103. The largest absolute Gasteiger partial charge is 0.343 e. The summed E-state index contributed by atoms with van der Waals surface area (Å²) in [6.07, 6.45) is 2.10. The van der Waals surface area contributed by atoms with Gasteiger partial charge in [0.05, 0.1) is 5.56 Å². The van der Waals surface area contributed by atoms with Crippen LogP contribution in [0.1, 0.15) is 41.9 Å². The molecule has 0 radical (unpaired) electrons. The number of thioether (sulfide) groups is 1. The van der Waals surface area contributed by atoms with Crippen LogP contribution in [0.15, 0.2) is 80.3 Å². The lowest BCUT2D eigenvalue weighted by molar-refractivity contribution is -0.116. The van der Waals surface area contributed by atoms with E-state index in [1.807, 2.05) is 42.5 Å². The van der Waals surface area contributed by atoms with Gasteiger partial charge in [0.15, 0.2) is 10.9 Å². The number of carbonyl (C=O) groups excluding carboxylic acids is 1. The number of aromatic amines is 1. The molecule has 0 spiro atoms. The first kappa shape index (κ1) is 20.3. The van der Waals surface area contributed by atoms with E-state index in [1.54, 1.807) is 0 Å². The summed E-state index contributed by atoms with van der Waals surface area (Å²) in [5, 5.41) is 3.89. The Morgan fingerprint density at radius 1 is 1.06 bits per heavy atom. The summed E-state index contributed by atoms with van der Waals surface area (Å²) in [6, 6.07) is 17.9. The van der Waals surface area contributed by atoms with Gasteiger partial charge in [-0.05, 0) is 36.1 Å². The van der Waals surface area contributed by atoms with Gasteiger partial charge in [-0.15, -0.1) is 0 Å². The lowest BCUT2D eigenvalue weighted by atomic mass is 9.76. The van der Waals surface area contributed by atoms with E-state index in [0.29, 0.717) is 34.3 Å². The normalized spacial score (nSPS) is 17.7. The van der Waals surface area contributed by atoms with Crippen LogP contribution in [-0.2, 0) is 10.5 Å². The van der Waals surface area contributed by atoms with Crippen molar-refractivity contribution in [3.8, 4) is 0 Å². The summed E-state index contributed by atoms with van der Waals surface area (Å²) in [7, 11) is 0. The summed E-state index contributed by atoms with van der Waals surface area (Å²) in [5.74, 6) is 0.953. The van der Waals surface area contributed by atoms with Crippen molar-refractivity contribution in [3.63, 3.8) is 0 Å². The summed E-state index contributed by atoms with van der Waals surface area (Å²) in [4.78, 5) is 33.8. The highest BCUT2D eigenvalue weighted by Crippen LogP contribution is 2.43. The zero-order valence-electron chi connectivity index (χ0n) is 16.7. The molecule has 0 saturated heterocycles. The van der Waals surface area contributed by atoms with E-state index in [2.05, 4.69) is 38.4 Å². The number of fused-ring (bicyclic) bond motifs is 1. The van der Waals surface area contributed by atoms with E-state index < -0.39 is 5.92 Å². The fraction of sp³-hybridized carbons (Fsp3) is 0.208. The van der Waals surface area contributed by atoms with Crippen molar-refractivity contribution in [2.45, 2.75) is 36.1 Å². The van der Waals surface area contributed by atoms with E-state index in [9.17, 15) is 9.59 Å². The number of hydrogen-bond acceptors (Lipinski definition) is 5. The highest BCUT2D eigenvalue weighted by atomic mass is 79.9. The summed E-state index contributed by atoms with van der Waals surface area (Å²) < 4.78 is 0.912. The first-order chi connectivity index (χ1) is 15.1. The smallest absolute Gasteiger partial charge is 0.257 e. The number of anilines is 1. The number of aromatic nitrogens is 2. The molecule has 156 valence electrons. The lowest BCUT2D eigenvalue weighted by Gasteiger charge is -2.32. The van der Waals surface area contributed by atoms with Gasteiger partial charge in [0.25, 0.3) is 5.56 Å². The monoisotopic (exact) mass is 493 g/mol. The highest BCUT2D eigenvalue weighted by molar-refractivity contribution is 9.10. The van der Waals surface area contributed by atoms with Gasteiger partial charge < -0.3 is 10.3 Å². The first-order valence-corrected chi connectivity index (χ1v) is 12.0. The van der Waals surface area contributed by atoms with Gasteiger partial charge >= 0.3 is 0 Å². The average molecular weight is 494 g/mol. The number of nitrogens with zero attached hydrogens (tertiary/aromatic N) is 1. The average Bonchev–Trinajstić information content (AvgIpc) is 2.77. The maximum absolute atomic E-state index is 13.3. The fourth-order valence-electron chi connectivity index (χ4n) is 4.25. The molecule has 2 heterocycles. The van der Waals surface area contributed by atoms with E-state index >= 15 is 0 Å². The van der Waals surface area contributed by atoms with Crippen molar-refractivity contribution < 1.29 is 4.79 Å². The second-order valence-corrected chi connectivity index (χ2v) is 9.57. The molecule has 0 bridgehead atoms. The molecule has 0 fully saturated rings. The van der Waals surface area contributed by atoms with Crippen molar-refractivity contribution in [1.82, 2.24) is 9.97 Å². The number of benzene rings is 2. The molecule has 3 aromatic rings. The van der Waals surface area contributed by atoms with Gasteiger partial charge in [0, 0.05) is 33.8 Å². The number of nitrogens with one attached hydrogen (secondary N) is 2. The van der Waals surface area contributed by atoms with E-state index in [0.717, 1.165) is 34.1 Å². The molecule has 1 aromatic heterocycles. The maximum Gasteiger partial charge on any atom is 0.257 e. The quantitative estimate of drug-likeness (QED) is 0.376. The number of hydrogen-bond donors (Lipinski definition) is 2. The zero-order chi connectivity index (χ0) is 21.4. The number of rotatable bonds is 4. The minimum Gasteiger partial charge on any atom is -0.343 e. The second kappa shape index (κ2) is 8.48. The predicted molar refractivity (Wildman–Crippen MR) is 126 cm³/mol. The van der Waals surface area contributed by atoms with Crippen LogP contribution >= 0.6 is 27.7 Å². The van der Waals surface area contributed by atoms with Crippen LogP contribution in [0.5, 0.6) is 0 Å². The van der Waals surface area contributed by atoms with E-state index in [-0.39, 0.29) is 11.3 Å². The number of allylic oxidation sites excluding steroid dienone is 2.